The van der Waals surface area contributed by atoms with Crippen molar-refractivity contribution in [3.8, 4) is 11.3 Å². The van der Waals surface area contributed by atoms with Gasteiger partial charge in [-0.25, -0.2) is 0 Å². The molecular weight excluding hydrogens is 252 g/mol. The molecule has 0 spiro atoms. The second-order valence-corrected chi connectivity index (χ2v) is 4.39. The Morgan fingerprint density at radius 3 is 2.65 bits per heavy atom. The monoisotopic (exact) mass is 270 g/mol. The van der Waals surface area contributed by atoms with E-state index >= 15 is 0 Å². The third-order valence-corrected chi connectivity index (χ3v) is 2.92. The molecule has 0 saturated carbocycles. The van der Waals surface area contributed by atoms with E-state index in [1.807, 2.05) is 42.5 Å². The maximum atomic E-state index is 11.9. The summed E-state index contributed by atoms with van der Waals surface area (Å²) in [7, 11) is 1.65. The summed E-state index contributed by atoms with van der Waals surface area (Å²) in [6, 6.07) is 13.2. The summed E-state index contributed by atoms with van der Waals surface area (Å²) in [5.74, 6) is -0.0614. The number of amides is 1. The zero-order valence-electron chi connectivity index (χ0n) is 11.5. The van der Waals surface area contributed by atoms with E-state index in [4.69, 9.17) is 4.74 Å². The molecule has 20 heavy (non-hydrogen) atoms. The molecule has 0 atom stereocenters. The second kappa shape index (κ2) is 7.40. The van der Waals surface area contributed by atoms with Gasteiger partial charge in [0.1, 0.15) is 0 Å². The van der Waals surface area contributed by atoms with Crippen molar-refractivity contribution < 1.29 is 9.53 Å². The summed E-state index contributed by atoms with van der Waals surface area (Å²) in [5.41, 5.74) is 2.56. The number of aromatic nitrogens is 1. The van der Waals surface area contributed by atoms with E-state index in [1.54, 1.807) is 13.3 Å². The molecule has 0 aliphatic heterocycles. The van der Waals surface area contributed by atoms with Gasteiger partial charge in [0.2, 0.25) is 0 Å². The minimum Gasteiger partial charge on any atom is -0.385 e. The molecule has 104 valence electrons. The van der Waals surface area contributed by atoms with E-state index in [9.17, 15) is 4.79 Å². The molecule has 2 aromatic rings. The molecule has 1 amide bonds. The first-order valence-electron chi connectivity index (χ1n) is 6.60. The lowest BCUT2D eigenvalue weighted by atomic mass is 10.1. The molecule has 0 radical (unpaired) electrons. The number of ether oxygens (including phenoxy) is 1. The Labute approximate surface area is 118 Å². The van der Waals surface area contributed by atoms with Crippen LogP contribution in [-0.4, -0.2) is 31.2 Å². The first kappa shape index (κ1) is 14.2. The molecule has 0 saturated heterocycles. The molecule has 0 bridgehead atoms. The Morgan fingerprint density at radius 1 is 1.20 bits per heavy atom. The minimum absolute atomic E-state index is 0.0614. The van der Waals surface area contributed by atoms with Crippen LogP contribution in [0.3, 0.4) is 0 Å². The van der Waals surface area contributed by atoms with Gasteiger partial charge in [-0.3, -0.25) is 9.78 Å². The van der Waals surface area contributed by atoms with Gasteiger partial charge >= 0.3 is 0 Å². The van der Waals surface area contributed by atoms with Crippen LogP contribution in [0.15, 0.2) is 48.7 Å². The molecule has 1 aromatic carbocycles. The summed E-state index contributed by atoms with van der Waals surface area (Å²) in [6.45, 7) is 1.27. The van der Waals surface area contributed by atoms with E-state index in [0.29, 0.717) is 18.7 Å². The van der Waals surface area contributed by atoms with Gasteiger partial charge in [0.05, 0.1) is 5.69 Å². The van der Waals surface area contributed by atoms with Crippen molar-refractivity contribution in [3.05, 3.63) is 54.2 Å². The van der Waals surface area contributed by atoms with Crippen LogP contribution in [0, 0.1) is 0 Å². The Hall–Kier alpha value is -2.20. The van der Waals surface area contributed by atoms with Crippen LogP contribution in [0.25, 0.3) is 11.3 Å². The molecule has 0 aliphatic rings. The van der Waals surface area contributed by atoms with Crippen molar-refractivity contribution in [2.45, 2.75) is 6.42 Å². The highest BCUT2D eigenvalue weighted by molar-refractivity contribution is 5.94. The minimum atomic E-state index is -0.0614. The standard InChI is InChI=1S/C16H18N2O2/c1-20-12-4-11-18-16(19)14-8-6-13(7-9-14)15-5-2-3-10-17-15/h2-3,5-10H,4,11-12H2,1H3,(H,18,19). The fraction of sp³-hybridized carbons (Fsp3) is 0.250. The Balaban J connectivity index is 1.96. The van der Waals surface area contributed by atoms with Crippen LogP contribution in [0.4, 0.5) is 0 Å². The van der Waals surface area contributed by atoms with Crippen molar-refractivity contribution >= 4 is 5.91 Å². The number of rotatable bonds is 6. The van der Waals surface area contributed by atoms with Gasteiger partial charge in [0.25, 0.3) is 5.91 Å². The van der Waals surface area contributed by atoms with Gasteiger partial charge < -0.3 is 10.1 Å². The maximum Gasteiger partial charge on any atom is 0.251 e. The van der Waals surface area contributed by atoms with Crippen LogP contribution < -0.4 is 5.32 Å². The lowest BCUT2D eigenvalue weighted by Gasteiger charge is -2.06. The molecule has 0 fully saturated rings. The predicted molar refractivity (Wildman–Crippen MR) is 78.5 cm³/mol. The third-order valence-electron chi connectivity index (χ3n) is 2.92. The van der Waals surface area contributed by atoms with Crippen molar-refractivity contribution in [1.82, 2.24) is 10.3 Å². The molecule has 0 unspecified atom stereocenters. The number of hydrogen-bond acceptors (Lipinski definition) is 3. The number of carbonyl (C=O) groups is 1. The molecule has 1 aromatic heterocycles. The lowest BCUT2D eigenvalue weighted by Crippen LogP contribution is -2.25. The normalized spacial score (nSPS) is 10.2. The predicted octanol–water partition coefficient (Wildman–Crippen LogP) is 2.51. The molecule has 4 heteroatoms. The van der Waals surface area contributed by atoms with Gasteiger partial charge in [-0.2, -0.15) is 0 Å². The second-order valence-electron chi connectivity index (χ2n) is 4.39. The quantitative estimate of drug-likeness (QED) is 0.821. The number of pyridine rings is 1. The van der Waals surface area contributed by atoms with Crippen LogP contribution in [0.5, 0.6) is 0 Å². The highest BCUT2D eigenvalue weighted by Gasteiger charge is 2.05. The van der Waals surface area contributed by atoms with Crippen molar-refractivity contribution in [1.29, 1.82) is 0 Å². The number of benzene rings is 1. The number of methoxy groups -OCH3 is 1. The third kappa shape index (κ3) is 3.90. The highest BCUT2D eigenvalue weighted by Crippen LogP contribution is 2.16. The SMILES string of the molecule is COCCCNC(=O)c1ccc(-c2ccccn2)cc1. The molecule has 0 aliphatic carbocycles. The molecule has 4 nitrogen and oxygen atoms in total. The number of nitrogens with one attached hydrogen (secondary N) is 1. The first-order chi connectivity index (χ1) is 9.81. The Morgan fingerprint density at radius 2 is 2.00 bits per heavy atom. The van der Waals surface area contributed by atoms with E-state index in [0.717, 1.165) is 17.7 Å². The smallest absolute Gasteiger partial charge is 0.251 e. The summed E-state index contributed by atoms with van der Waals surface area (Å²) in [6.07, 6.45) is 2.57. The highest BCUT2D eigenvalue weighted by atomic mass is 16.5. The number of nitrogens with zero attached hydrogens (tertiary/aromatic N) is 1. The Kier molecular flexibility index (Phi) is 5.26. The van der Waals surface area contributed by atoms with E-state index in [1.165, 1.54) is 0 Å². The average molecular weight is 270 g/mol. The number of hydrogen-bond donors (Lipinski definition) is 1. The molecular formula is C16H18N2O2. The molecule has 1 heterocycles. The van der Waals surface area contributed by atoms with Gasteiger partial charge in [0, 0.05) is 37.6 Å². The maximum absolute atomic E-state index is 11.9. The fourth-order valence-corrected chi connectivity index (χ4v) is 1.85. The van der Waals surface area contributed by atoms with Gasteiger partial charge in [-0.1, -0.05) is 18.2 Å². The summed E-state index contributed by atoms with van der Waals surface area (Å²) >= 11 is 0. The van der Waals surface area contributed by atoms with Crippen LogP contribution >= 0.6 is 0 Å². The van der Waals surface area contributed by atoms with Crippen molar-refractivity contribution in [2.75, 3.05) is 20.3 Å². The van der Waals surface area contributed by atoms with Crippen LogP contribution in [0.1, 0.15) is 16.8 Å². The van der Waals surface area contributed by atoms with Crippen LogP contribution in [-0.2, 0) is 4.74 Å². The van der Waals surface area contributed by atoms with Crippen molar-refractivity contribution in [3.63, 3.8) is 0 Å². The fourth-order valence-electron chi connectivity index (χ4n) is 1.85. The number of carbonyl (C=O) groups excluding carboxylic acids is 1. The van der Waals surface area contributed by atoms with Crippen molar-refractivity contribution in [2.24, 2.45) is 0 Å². The zero-order chi connectivity index (χ0) is 14.2. The van der Waals surface area contributed by atoms with E-state index in [2.05, 4.69) is 10.3 Å². The molecule has 2 rings (SSSR count). The summed E-state index contributed by atoms with van der Waals surface area (Å²) in [5, 5.41) is 2.86. The van der Waals surface area contributed by atoms with Gasteiger partial charge in [-0.05, 0) is 30.7 Å². The first-order valence-corrected chi connectivity index (χ1v) is 6.60. The van der Waals surface area contributed by atoms with Crippen LogP contribution in [0.2, 0.25) is 0 Å². The van der Waals surface area contributed by atoms with E-state index in [-0.39, 0.29) is 5.91 Å². The van der Waals surface area contributed by atoms with Gasteiger partial charge in [0.15, 0.2) is 0 Å². The Bertz CT molecular complexity index is 538. The topological polar surface area (TPSA) is 51.2 Å². The largest absolute Gasteiger partial charge is 0.385 e. The lowest BCUT2D eigenvalue weighted by molar-refractivity contribution is 0.0948. The zero-order valence-corrected chi connectivity index (χ0v) is 11.5. The average Bonchev–Trinajstić information content (AvgIpc) is 2.52. The van der Waals surface area contributed by atoms with E-state index < -0.39 is 0 Å². The van der Waals surface area contributed by atoms with Gasteiger partial charge in [-0.15, -0.1) is 0 Å². The summed E-state index contributed by atoms with van der Waals surface area (Å²) in [4.78, 5) is 16.2. The molecule has 1 N–H and O–H groups in total. The summed E-state index contributed by atoms with van der Waals surface area (Å²) < 4.78 is 4.94.